The molecule has 0 spiro atoms. The maximum atomic E-state index is 13.8. The smallest absolute Gasteiger partial charge is 0.269 e. The lowest BCUT2D eigenvalue weighted by Crippen LogP contribution is -2.38. The number of nitrogens with one attached hydrogen (secondary N) is 1. The topological polar surface area (TPSA) is 92.6 Å². The van der Waals surface area contributed by atoms with Crippen LogP contribution in [0.3, 0.4) is 0 Å². The van der Waals surface area contributed by atoms with Gasteiger partial charge in [0.1, 0.15) is 0 Å². The van der Waals surface area contributed by atoms with E-state index in [0.717, 1.165) is 16.9 Å². The molecule has 176 valence electrons. The van der Waals surface area contributed by atoms with Crippen LogP contribution in [0.5, 0.6) is 0 Å². The first-order valence-corrected chi connectivity index (χ1v) is 11.7. The number of carbonyl (C=O) groups is 2. The second-order valence-electron chi connectivity index (χ2n) is 8.85. The van der Waals surface area contributed by atoms with Crippen LogP contribution in [0, 0.1) is 10.1 Å². The minimum atomic E-state index is -0.766. The molecule has 0 fully saturated rings. The highest BCUT2D eigenvalue weighted by Gasteiger charge is 2.41. The molecule has 0 radical (unpaired) electrons. The average molecular weight is 468 g/mol. The van der Waals surface area contributed by atoms with Gasteiger partial charge in [0.15, 0.2) is 5.78 Å². The number of nitro benzene ring substituents is 1. The zero-order valence-corrected chi connectivity index (χ0v) is 19.3. The summed E-state index contributed by atoms with van der Waals surface area (Å²) in [5.41, 5.74) is 4.18. The molecule has 0 saturated heterocycles. The quantitative estimate of drug-likeness (QED) is 0.381. The monoisotopic (exact) mass is 467 g/mol. The third-order valence-electron chi connectivity index (χ3n) is 6.73. The van der Waals surface area contributed by atoms with Gasteiger partial charge in [0.2, 0.25) is 5.91 Å². The van der Waals surface area contributed by atoms with Gasteiger partial charge in [-0.05, 0) is 35.6 Å². The van der Waals surface area contributed by atoms with Crippen LogP contribution >= 0.6 is 0 Å². The van der Waals surface area contributed by atoms with Crippen molar-refractivity contribution in [1.82, 2.24) is 0 Å². The third-order valence-corrected chi connectivity index (χ3v) is 6.73. The number of nitrogens with zero attached hydrogens (tertiary/aromatic N) is 2. The molecule has 0 unspecified atom stereocenters. The lowest BCUT2D eigenvalue weighted by Gasteiger charge is -2.35. The molecule has 0 aromatic heterocycles. The lowest BCUT2D eigenvalue weighted by molar-refractivity contribution is -0.384. The standard InChI is InChI=1S/C28H25N3O4/c1-2-26(33)30-24-14-7-6-13-22(24)29-23-16-20(18-9-4-3-5-10-18)17-25(32)27(23)28(30)19-11-8-12-21(15-19)31(34)35/h3-15,20,28-29H,2,16-17H2,1H3/t20-,28+/m0/s1. The molecule has 0 saturated carbocycles. The van der Waals surface area contributed by atoms with E-state index in [4.69, 9.17) is 0 Å². The van der Waals surface area contributed by atoms with E-state index in [0.29, 0.717) is 29.7 Å². The van der Waals surface area contributed by atoms with Gasteiger partial charge in [0.05, 0.1) is 22.3 Å². The lowest BCUT2D eigenvalue weighted by atomic mass is 9.78. The van der Waals surface area contributed by atoms with Gasteiger partial charge in [0.25, 0.3) is 5.69 Å². The van der Waals surface area contributed by atoms with E-state index in [-0.39, 0.29) is 29.7 Å². The van der Waals surface area contributed by atoms with Crippen molar-refractivity contribution in [2.75, 3.05) is 10.2 Å². The highest BCUT2D eigenvalue weighted by Crippen LogP contribution is 2.47. The van der Waals surface area contributed by atoms with Gasteiger partial charge < -0.3 is 5.32 Å². The number of anilines is 2. The molecule has 3 aromatic rings. The van der Waals surface area contributed by atoms with Crippen LogP contribution in [0.25, 0.3) is 0 Å². The molecule has 1 aliphatic carbocycles. The molecular formula is C28H25N3O4. The van der Waals surface area contributed by atoms with Crippen molar-refractivity contribution in [2.45, 2.75) is 38.1 Å². The fraction of sp³-hybridized carbons (Fsp3) is 0.214. The summed E-state index contributed by atoms with van der Waals surface area (Å²) in [6.07, 6.45) is 1.13. The molecular weight excluding hydrogens is 442 g/mol. The van der Waals surface area contributed by atoms with Crippen molar-refractivity contribution in [2.24, 2.45) is 0 Å². The molecule has 5 rings (SSSR count). The molecule has 35 heavy (non-hydrogen) atoms. The number of non-ortho nitro benzene ring substituents is 1. The van der Waals surface area contributed by atoms with E-state index in [2.05, 4.69) is 5.32 Å². The second-order valence-corrected chi connectivity index (χ2v) is 8.85. The van der Waals surface area contributed by atoms with Crippen LogP contribution in [-0.4, -0.2) is 16.6 Å². The largest absolute Gasteiger partial charge is 0.357 e. The number of hydrogen-bond donors (Lipinski definition) is 1. The Morgan fingerprint density at radius 1 is 1.00 bits per heavy atom. The Balaban J connectivity index is 1.73. The van der Waals surface area contributed by atoms with Crippen molar-refractivity contribution in [1.29, 1.82) is 0 Å². The predicted molar refractivity (Wildman–Crippen MR) is 134 cm³/mol. The van der Waals surface area contributed by atoms with Crippen LogP contribution in [0.1, 0.15) is 49.3 Å². The average Bonchev–Trinajstić information content (AvgIpc) is 3.03. The number of benzene rings is 3. The molecule has 2 aliphatic rings. The van der Waals surface area contributed by atoms with Gasteiger partial charge in [-0.15, -0.1) is 0 Å². The Kier molecular flexibility index (Phi) is 5.91. The van der Waals surface area contributed by atoms with Crippen molar-refractivity contribution in [3.8, 4) is 0 Å². The molecule has 0 bridgehead atoms. The second kappa shape index (κ2) is 9.18. The Morgan fingerprint density at radius 3 is 2.46 bits per heavy atom. The predicted octanol–water partition coefficient (Wildman–Crippen LogP) is 5.91. The molecule has 2 atom stereocenters. The first-order chi connectivity index (χ1) is 17.0. The Labute approximate surface area is 203 Å². The number of allylic oxidation sites excluding steroid dienone is 1. The Hall–Kier alpha value is -4.26. The van der Waals surface area contributed by atoms with Crippen molar-refractivity contribution in [3.63, 3.8) is 0 Å². The number of rotatable bonds is 4. The van der Waals surface area contributed by atoms with Crippen LogP contribution < -0.4 is 10.2 Å². The summed E-state index contributed by atoms with van der Waals surface area (Å²) in [6, 6.07) is 22.9. The molecule has 7 nitrogen and oxygen atoms in total. The minimum absolute atomic E-state index is 0.00120. The summed E-state index contributed by atoms with van der Waals surface area (Å²) in [4.78, 5) is 39.9. The first-order valence-electron chi connectivity index (χ1n) is 11.7. The Bertz CT molecular complexity index is 1350. The summed E-state index contributed by atoms with van der Waals surface area (Å²) in [5.74, 6) is -0.227. The highest BCUT2D eigenvalue weighted by atomic mass is 16.6. The number of para-hydroxylation sites is 2. The summed E-state index contributed by atoms with van der Waals surface area (Å²) >= 11 is 0. The molecule has 1 N–H and O–H groups in total. The van der Waals surface area contributed by atoms with Gasteiger partial charge in [-0.25, -0.2) is 0 Å². The summed E-state index contributed by atoms with van der Waals surface area (Å²) < 4.78 is 0. The summed E-state index contributed by atoms with van der Waals surface area (Å²) in [6.45, 7) is 1.77. The van der Waals surface area contributed by atoms with Crippen molar-refractivity contribution in [3.05, 3.63) is 111 Å². The molecule has 1 amide bonds. The zero-order chi connectivity index (χ0) is 24.5. The Morgan fingerprint density at radius 2 is 1.71 bits per heavy atom. The molecule has 3 aromatic carbocycles. The van der Waals surface area contributed by atoms with Crippen LogP contribution in [-0.2, 0) is 9.59 Å². The first kappa shape index (κ1) is 22.5. The SMILES string of the molecule is CCC(=O)N1c2ccccc2NC2=C(C(=O)C[C@@H](c3ccccc3)C2)[C@H]1c1cccc([N+](=O)[O-])c1. The van der Waals surface area contributed by atoms with Gasteiger partial charge in [-0.3, -0.25) is 24.6 Å². The molecule has 1 aliphatic heterocycles. The van der Waals surface area contributed by atoms with E-state index in [1.54, 1.807) is 24.0 Å². The van der Waals surface area contributed by atoms with E-state index < -0.39 is 11.0 Å². The highest BCUT2D eigenvalue weighted by molar-refractivity contribution is 6.06. The fourth-order valence-electron chi connectivity index (χ4n) is 5.12. The molecule has 7 heteroatoms. The maximum Gasteiger partial charge on any atom is 0.269 e. The molecule has 1 heterocycles. The van der Waals surface area contributed by atoms with Crippen molar-refractivity contribution >= 4 is 28.8 Å². The number of amides is 1. The number of carbonyl (C=O) groups excluding carboxylic acids is 2. The van der Waals surface area contributed by atoms with Gasteiger partial charge in [0, 0.05) is 36.2 Å². The normalized spacial score (nSPS) is 19.3. The third kappa shape index (κ3) is 4.10. The zero-order valence-electron chi connectivity index (χ0n) is 19.3. The fourth-order valence-corrected chi connectivity index (χ4v) is 5.12. The van der Waals surface area contributed by atoms with E-state index in [1.165, 1.54) is 12.1 Å². The van der Waals surface area contributed by atoms with E-state index >= 15 is 0 Å². The van der Waals surface area contributed by atoms with E-state index in [9.17, 15) is 19.7 Å². The minimum Gasteiger partial charge on any atom is -0.357 e. The van der Waals surface area contributed by atoms with Crippen LogP contribution in [0.2, 0.25) is 0 Å². The van der Waals surface area contributed by atoms with E-state index in [1.807, 2.05) is 54.6 Å². The van der Waals surface area contributed by atoms with Crippen molar-refractivity contribution < 1.29 is 14.5 Å². The summed E-state index contributed by atoms with van der Waals surface area (Å²) in [7, 11) is 0. The van der Waals surface area contributed by atoms with Gasteiger partial charge in [-0.1, -0.05) is 61.5 Å². The number of nitro groups is 1. The van der Waals surface area contributed by atoms with Gasteiger partial charge >= 0.3 is 0 Å². The maximum absolute atomic E-state index is 13.8. The number of hydrogen-bond acceptors (Lipinski definition) is 5. The number of ketones is 1. The van der Waals surface area contributed by atoms with Gasteiger partial charge in [-0.2, -0.15) is 0 Å². The number of fused-ring (bicyclic) bond motifs is 1. The number of Topliss-reactive ketones (excluding diaryl/α,β-unsaturated/α-hetero) is 1. The van der Waals surface area contributed by atoms with Crippen LogP contribution in [0.15, 0.2) is 90.1 Å². The summed E-state index contributed by atoms with van der Waals surface area (Å²) in [5, 5.41) is 15.0. The van der Waals surface area contributed by atoms with Crippen LogP contribution in [0.4, 0.5) is 17.1 Å².